The van der Waals surface area contributed by atoms with E-state index in [1.54, 1.807) is 0 Å². The Kier molecular flexibility index (Phi) is 13.6. The number of phosphoric acid groups is 2. The number of carbonyl (C=O) groups is 1. The number of phosphoric ester groups is 2. The first kappa shape index (κ1) is 28.7. The van der Waals surface area contributed by atoms with E-state index in [1.807, 2.05) is 0 Å². The number of aliphatic hydroxyl groups is 7. The summed E-state index contributed by atoms with van der Waals surface area (Å²) in [6.07, 6.45) is -9.95. The van der Waals surface area contributed by atoms with E-state index < -0.39 is 72.0 Å². The van der Waals surface area contributed by atoms with Crippen molar-refractivity contribution in [2.75, 3.05) is 19.8 Å². The summed E-state index contributed by atoms with van der Waals surface area (Å²) in [4.78, 5) is 43.4. The van der Waals surface area contributed by atoms with E-state index in [9.17, 15) is 13.9 Å². The second-order valence-electron chi connectivity index (χ2n) is 4.70. The molecule has 0 aromatic heterocycles. The average Bonchev–Trinajstić information content (AvgIpc) is 2.55. The summed E-state index contributed by atoms with van der Waals surface area (Å²) in [5.41, 5.74) is 0. The Balaban J connectivity index is 0. The number of hydrogen-bond donors (Lipinski definition) is 11. The lowest BCUT2D eigenvalue weighted by Crippen LogP contribution is -2.48. The van der Waals surface area contributed by atoms with Crippen LogP contribution in [0.3, 0.4) is 0 Å². The first-order valence-electron chi connectivity index (χ1n) is 6.66. The summed E-state index contributed by atoms with van der Waals surface area (Å²) < 4.78 is 27.5. The van der Waals surface area contributed by atoms with Crippen LogP contribution in [0.1, 0.15) is 0 Å². The summed E-state index contributed by atoms with van der Waals surface area (Å²) >= 11 is 0. The van der Waals surface area contributed by atoms with Crippen LogP contribution in [0.25, 0.3) is 0 Å². The van der Waals surface area contributed by atoms with Crippen molar-refractivity contribution in [1.82, 2.24) is 0 Å². The Hall–Kier alpha value is -0.550. The molecular weight excluding hydrogens is 426 g/mol. The minimum absolute atomic E-state index is 0.569. The molecule has 0 aromatic rings. The van der Waals surface area contributed by atoms with Crippen LogP contribution in [0.4, 0.5) is 0 Å². The standard InChI is InChI=1S/C6H13O10P.C3H9O6P/c7-1-2(8)3(9)4(10)5(11)6(12)16-17(13,14)15;4-1-3(5)2-9-10(6,7)8/h2-5,7-11H,1H2,(H2,13,14,15);3-5H,1-2H2,(H2,6,7,8)/t2-,3-,4+,5-;3-/m10/s1. The van der Waals surface area contributed by atoms with Gasteiger partial charge in [0, 0.05) is 0 Å². The van der Waals surface area contributed by atoms with E-state index in [2.05, 4.69) is 9.05 Å². The van der Waals surface area contributed by atoms with Gasteiger partial charge in [-0.2, -0.15) is 0 Å². The molecule has 27 heavy (non-hydrogen) atoms. The van der Waals surface area contributed by atoms with Gasteiger partial charge < -0.3 is 50.1 Å². The fourth-order valence-electron chi connectivity index (χ4n) is 1.07. The molecule has 0 spiro atoms. The third-order valence-electron chi connectivity index (χ3n) is 2.35. The Morgan fingerprint density at radius 3 is 1.63 bits per heavy atom. The topological polar surface area (TPSA) is 292 Å². The number of carbonyl (C=O) groups excluding carboxylic acids is 1. The van der Waals surface area contributed by atoms with E-state index in [-0.39, 0.29) is 0 Å². The zero-order valence-corrected chi connectivity index (χ0v) is 15.2. The molecular formula is C9H22O16P2. The first-order valence-corrected chi connectivity index (χ1v) is 9.72. The quantitative estimate of drug-likeness (QED) is 0.139. The third kappa shape index (κ3) is 15.1. The highest BCUT2D eigenvalue weighted by molar-refractivity contribution is 7.47. The van der Waals surface area contributed by atoms with Gasteiger partial charge in [-0.3, -0.25) is 14.3 Å². The zero-order chi connectivity index (χ0) is 22.0. The van der Waals surface area contributed by atoms with Gasteiger partial charge in [-0.15, -0.1) is 0 Å². The smallest absolute Gasteiger partial charge is 0.394 e. The van der Waals surface area contributed by atoms with Gasteiger partial charge in [-0.05, 0) is 0 Å². The number of aliphatic hydroxyl groups excluding tert-OH is 7. The van der Waals surface area contributed by atoms with Gasteiger partial charge in [0.1, 0.15) is 24.4 Å². The van der Waals surface area contributed by atoms with Crippen molar-refractivity contribution in [3.63, 3.8) is 0 Å². The third-order valence-corrected chi connectivity index (χ3v) is 3.25. The molecule has 164 valence electrons. The van der Waals surface area contributed by atoms with Gasteiger partial charge in [0.05, 0.1) is 19.8 Å². The second-order valence-corrected chi connectivity index (χ2v) is 7.10. The van der Waals surface area contributed by atoms with Gasteiger partial charge >= 0.3 is 21.6 Å². The van der Waals surface area contributed by atoms with Crippen molar-refractivity contribution >= 4 is 21.6 Å². The molecule has 0 aliphatic carbocycles. The summed E-state index contributed by atoms with van der Waals surface area (Å²) in [6.45, 7) is -2.11. The molecule has 0 rings (SSSR count). The van der Waals surface area contributed by atoms with Crippen molar-refractivity contribution in [2.45, 2.75) is 30.5 Å². The van der Waals surface area contributed by atoms with Gasteiger partial charge in [-0.1, -0.05) is 0 Å². The maximum absolute atomic E-state index is 10.8. The van der Waals surface area contributed by atoms with Crippen LogP contribution in [0.2, 0.25) is 0 Å². The Morgan fingerprint density at radius 1 is 0.815 bits per heavy atom. The molecule has 0 amide bonds. The lowest BCUT2D eigenvalue weighted by Gasteiger charge is -2.24. The number of hydrogen-bond acceptors (Lipinski definition) is 12. The van der Waals surface area contributed by atoms with Gasteiger partial charge in [0.25, 0.3) is 0 Å². The summed E-state index contributed by atoms with van der Waals surface area (Å²) in [5, 5.41) is 61.2. The normalized spacial score (nSPS) is 17.7. The predicted molar refractivity (Wildman–Crippen MR) is 80.3 cm³/mol. The van der Waals surface area contributed by atoms with Gasteiger partial charge in [-0.25, -0.2) is 13.9 Å². The van der Waals surface area contributed by atoms with Crippen LogP contribution in [0.15, 0.2) is 0 Å². The summed E-state index contributed by atoms with van der Waals surface area (Å²) in [5.74, 6) is -1.88. The van der Waals surface area contributed by atoms with E-state index in [4.69, 9.17) is 55.3 Å². The van der Waals surface area contributed by atoms with Crippen LogP contribution in [0.5, 0.6) is 0 Å². The van der Waals surface area contributed by atoms with Crippen LogP contribution >= 0.6 is 15.6 Å². The Labute approximate surface area is 151 Å². The first-order chi connectivity index (χ1) is 12.1. The van der Waals surface area contributed by atoms with Crippen molar-refractivity contribution in [2.24, 2.45) is 0 Å². The zero-order valence-electron chi connectivity index (χ0n) is 13.4. The van der Waals surface area contributed by atoms with Crippen molar-refractivity contribution < 1.29 is 78.3 Å². The molecule has 0 radical (unpaired) electrons. The van der Waals surface area contributed by atoms with E-state index >= 15 is 0 Å². The lowest BCUT2D eigenvalue weighted by molar-refractivity contribution is -0.162. The highest BCUT2D eigenvalue weighted by atomic mass is 31.2. The van der Waals surface area contributed by atoms with Gasteiger partial charge in [0.2, 0.25) is 0 Å². The molecule has 5 atom stereocenters. The summed E-state index contributed by atoms with van der Waals surface area (Å²) in [6, 6.07) is 0. The van der Waals surface area contributed by atoms with Crippen molar-refractivity contribution in [3.05, 3.63) is 0 Å². The molecule has 0 aromatic carbocycles. The molecule has 18 heteroatoms. The van der Waals surface area contributed by atoms with Crippen LogP contribution in [0, 0.1) is 0 Å². The molecule has 0 unspecified atom stereocenters. The predicted octanol–water partition coefficient (Wildman–Crippen LogP) is -5.49. The Bertz CT molecular complexity index is 514. The second kappa shape index (κ2) is 12.8. The molecule has 0 saturated heterocycles. The fraction of sp³-hybridized carbons (Fsp3) is 0.889. The van der Waals surface area contributed by atoms with Crippen LogP contribution < -0.4 is 0 Å². The summed E-state index contributed by atoms with van der Waals surface area (Å²) in [7, 11) is -9.69. The maximum atomic E-state index is 10.8. The highest BCUT2D eigenvalue weighted by Crippen LogP contribution is 2.36. The molecule has 0 aliphatic rings. The monoisotopic (exact) mass is 448 g/mol. The molecule has 16 nitrogen and oxygen atoms in total. The van der Waals surface area contributed by atoms with Gasteiger partial charge in [0.15, 0.2) is 6.10 Å². The SMILES string of the molecule is O=C(OP(=O)(O)O)[C@H](O)[C@@H](O)[C@H](O)[C@H](O)CO.O=P(O)(O)OC[C@@H](O)CO. The lowest BCUT2D eigenvalue weighted by atomic mass is 10.0. The Morgan fingerprint density at radius 2 is 1.30 bits per heavy atom. The average molecular weight is 448 g/mol. The largest absolute Gasteiger partial charge is 0.527 e. The molecule has 0 aliphatic heterocycles. The molecule has 0 heterocycles. The highest BCUT2D eigenvalue weighted by Gasteiger charge is 2.37. The van der Waals surface area contributed by atoms with Crippen LogP contribution in [-0.4, -0.2) is 112 Å². The maximum Gasteiger partial charge on any atom is 0.527 e. The molecule has 0 saturated carbocycles. The molecule has 11 N–H and O–H groups in total. The number of rotatable bonds is 10. The van der Waals surface area contributed by atoms with Crippen molar-refractivity contribution in [3.8, 4) is 0 Å². The molecule has 0 fully saturated rings. The molecule has 0 bridgehead atoms. The van der Waals surface area contributed by atoms with E-state index in [0.29, 0.717) is 0 Å². The van der Waals surface area contributed by atoms with Crippen molar-refractivity contribution in [1.29, 1.82) is 0 Å². The minimum atomic E-state index is -5.19. The van der Waals surface area contributed by atoms with E-state index in [1.165, 1.54) is 0 Å². The van der Waals surface area contributed by atoms with E-state index in [0.717, 1.165) is 0 Å². The van der Waals surface area contributed by atoms with Crippen LogP contribution in [-0.2, 0) is 23.0 Å². The fourth-order valence-corrected chi connectivity index (χ4v) is 1.78. The minimum Gasteiger partial charge on any atom is -0.394 e.